The molecule has 0 aliphatic heterocycles. The van der Waals surface area contributed by atoms with Crippen LogP contribution in [0, 0.1) is 0 Å². The van der Waals surface area contributed by atoms with Gasteiger partial charge in [0, 0.05) is 5.69 Å². The van der Waals surface area contributed by atoms with Crippen LogP contribution in [0.15, 0.2) is 51.6 Å². The molecular formula is C21H21N5OS2. The fourth-order valence-electron chi connectivity index (χ4n) is 3.16. The van der Waals surface area contributed by atoms with Crippen molar-refractivity contribution in [3.8, 4) is 0 Å². The number of hydrogen-bond acceptors (Lipinski definition) is 7. The van der Waals surface area contributed by atoms with Crippen LogP contribution in [0.5, 0.6) is 0 Å². The van der Waals surface area contributed by atoms with E-state index in [1.807, 2.05) is 18.2 Å². The average Bonchev–Trinajstić information content (AvgIpc) is 3.20. The lowest BCUT2D eigenvalue weighted by Crippen LogP contribution is -2.11. The number of aromatic nitrogens is 4. The van der Waals surface area contributed by atoms with E-state index in [4.69, 9.17) is 0 Å². The monoisotopic (exact) mass is 423 g/mol. The van der Waals surface area contributed by atoms with Crippen LogP contribution in [0.1, 0.15) is 30.8 Å². The van der Waals surface area contributed by atoms with Crippen molar-refractivity contribution < 1.29 is 0 Å². The molecule has 0 spiro atoms. The molecule has 2 aromatic heterocycles. The first-order valence-electron chi connectivity index (χ1n) is 9.50. The molecule has 4 aromatic rings. The predicted molar refractivity (Wildman–Crippen MR) is 120 cm³/mol. The topological polar surface area (TPSA) is 83.6 Å². The highest BCUT2D eigenvalue weighted by atomic mass is 32.2. The lowest BCUT2D eigenvalue weighted by Gasteiger charge is -2.13. The van der Waals surface area contributed by atoms with Crippen LogP contribution < -0.4 is 10.9 Å². The number of nitrogens with zero attached hydrogens (tertiary/aromatic N) is 3. The fourth-order valence-corrected chi connectivity index (χ4v) is 4.79. The number of thioether (sulfide) groups is 1. The van der Waals surface area contributed by atoms with Gasteiger partial charge in [-0.25, -0.2) is 4.98 Å². The van der Waals surface area contributed by atoms with Gasteiger partial charge in [0.25, 0.3) is 5.56 Å². The van der Waals surface area contributed by atoms with E-state index < -0.39 is 0 Å². The minimum absolute atomic E-state index is 0.117. The van der Waals surface area contributed by atoms with Crippen LogP contribution in [0.3, 0.4) is 0 Å². The molecule has 2 N–H and O–H groups in total. The first-order valence-corrected chi connectivity index (χ1v) is 11.3. The Kier molecular flexibility index (Phi) is 5.92. The van der Waals surface area contributed by atoms with Crippen molar-refractivity contribution in [2.75, 3.05) is 5.32 Å². The Labute approximate surface area is 176 Å². The number of rotatable bonds is 7. The Bertz CT molecular complexity index is 1180. The normalized spacial score (nSPS) is 11.1. The summed E-state index contributed by atoms with van der Waals surface area (Å²) in [5.74, 6) is 1.16. The highest BCUT2D eigenvalue weighted by Crippen LogP contribution is 2.32. The van der Waals surface area contributed by atoms with Gasteiger partial charge in [0.2, 0.25) is 5.13 Å². The summed E-state index contributed by atoms with van der Waals surface area (Å²) in [5.41, 5.74) is 4.26. The van der Waals surface area contributed by atoms with E-state index in [0.29, 0.717) is 22.5 Å². The van der Waals surface area contributed by atoms with E-state index in [1.165, 1.54) is 34.2 Å². The summed E-state index contributed by atoms with van der Waals surface area (Å²) in [4.78, 5) is 19.6. The molecule has 0 saturated carbocycles. The van der Waals surface area contributed by atoms with Crippen LogP contribution in [0.2, 0.25) is 0 Å². The van der Waals surface area contributed by atoms with Crippen LogP contribution in [0.4, 0.5) is 10.8 Å². The largest absolute Gasteiger partial charge is 0.330 e. The Morgan fingerprint density at radius 1 is 1.03 bits per heavy atom. The number of nitrogens with one attached hydrogen (secondary N) is 2. The molecule has 6 nitrogen and oxygen atoms in total. The molecule has 0 saturated heterocycles. The minimum Gasteiger partial charge on any atom is -0.330 e. The van der Waals surface area contributed by atoms with E-state index in [1.54, 1.807) is 6.07 Å². The number of H-pyrrole nitrogens is 1. The van der Waals surface area contributed by atoms with Crippen molar-refractivity contribution >= 4 is 44.8 Å². The number of para-hydroxylation sites is 2. The predicted octanol–water partition coefficient (Wildman–Crippen LogP) is 4.94. The molecule has 2 aromatic carbocycles. The lowest BCUT2D eigenvalue weighted by molar-refractivity contribution is 1.00. The summed E-state index contributed by atoms with van der Waals surface area (Å²) >= 11 is 3.02. The molecule has 0 fully saturated rings. The maximum Gasteiger partial charge on any atom is 0.258 e. The number of fused-ring (bicyclic) bond motifs is 1. The Balaban J connectivity index is 1.49. The molecule has 8 heteroatoms. The van der Waals surface area contributed by atoms with Gasteiger partial charge in [-0.05, 0) is 36.1 Å². The third-order valence-electron chi connectivity index (χ3n) is 4.63. The third kappa shape index (κ3) is 4.33. The summed E-state index contributed by atoms with van der Waals surface area (Å²) < 4.78 is 0.829. The van der Waals surface area contributed by atoms with E-state index >= 15 is 0 Å². The van der Waals surface area contributed by atoms with Gasteiger partial charge in [-0.15, -0.1) is 10.2 Å². The molecule has 0 aliphatic rings. The van der Waals surface area contributed by atoms with Gasteiger partial charge >= 0.3 is 0 Å². The molecule has 0 unspecified atom stereocenters. The second-order valence-corrected chi connectivity index (χ2v) is 8.67. The van der Waals surface area contributed by atoms with Crippen LogP contribution in [-0.2, 0) is 18.6 Å². The van der Waals surface area contributed by atoms with Gasteiger partial charge in [-0.1, -0.05) is 67.3 Å². The van der Waals surface area contributed by atoms with Crippen molar-refractivity contribution in [2.45, 2.75) is 36.8 Å². The van der Waals surface area contributed by atoms with Gasteiger partial charge in [0.15, 0.2) is 4.34 Å². The van der Waals surface area contributed by atoms with Gasteiger partial charge in [0.1, 0.15) is 5.82 Å². The molecule has 148 valence electrons. The number of hydrogen-bond donors (Lipinski definition) is 2. The lowest BCUT2D eigenvalue weighted by atomic mass is 10.0. The van der Waals surface area contributed by atoms with Crippen molar-refractivity contribution in [1.29, 1.82) is 0 Å². The van der Waals surface area contributed by atoms with Crippen LogP contribution >= 0.6 is 23.1 Å². The first-order chi connectivity index (χ1) is 14.2. The summed E-state index contributed by atoms with van der Waals surface area (Å²) in [6.07, 6.45) is 1.91. The first kappa shape index (κ1) is 19.6. The van der Waals surface area contributed by atoms with Gasteiger partial charge in [-0.2, -0.15) is 0 Å². The summed E-state index contributed by atoms with van der Waals surface area (Å²) in [6, 6.07) is 13.7. The standard InChI is InChI=1S/C21H21N5OS2/c1-3-13-8-7-9-14(4-2)18(13)24-20-25-26-21(29-20)28-12-17-22-16-11-6-5-10-15(16)19(27)23-17/h5-11H,3-4,12H2,1-2H3,(H,24,25)(H,22,23,27). The van der Waals surface area contributed by atoms with Crippen molar-refractivity contribution in [3.63, 3.8) is 0 Å². The molecule has 29 heavy (non-hydrogen) atoms. The second kappa shape index (κ2) is 8.75. The molecule has 2 heterocycles. The van der Waals surface area contributed by atoms with Crippen LogP contribution in [-0.4, -0.2) is 20.2 Å². The molecule has 0 atom stereocenters. The SMILES string of the molecule is CCc1cccc(CC)c1Nc1nnc(SCc2nc3ccccc3c(=O)[nH]2)s1. The van der Waals surface area contributed by atoms with Gasteiger partial charge in [0.05, 0.1) is 16.7 Å². The zero-order chi connectivity index (χ0) is 20.2. The van der Waals surface area contributed by atoms with Gasteiger partial charge < -0.3 is 10.3 Å². The maximum absolute atomic E-state index is 12.2. The number of benzene rings is 2. The van der Waals surface area contributed by atoms with Gasteiger partial charge in [-0.3, -0.25) is 4.79 Å². The average molecular weight is 424 g/mol. The number of anilines is 2. The Morgan fingerprint density at radius 3 is 2.55 bits per heavy atom. The highest BCUT2D eigenvalue weighted by Gasteiger charge is 2.11. The van der Waals surface area contributed by atoms with E-state index in [9.17, 15) is 4.79 Å². The molecule has 4 rings (SSSR count). The molecule has 0 bridgehead atoms. The zero-order valence-electron chi connectivity index (χ0n) is 16.2. The zero-order valence-corrected chi connectivity index (χ0v) is 17.9. The smallest absolute Gasteiger partial charge is 0.258 e. The molecule has 0 aliphatic carbocycles. The molecule has 0 amide bonds. The summed E-state index contributed by atoms with van der Waals surface area (Å²) in [5, 5.41) is 13.4. The van der Waals surface area contributed by atoms with E-state index in [2.05, 4.69) is 57.5 Å². The van der Waals surface area contributed by atoms with Crippen LogP contribution in [0.25, 0.3) is 10.9 Å². The fraction of sp³-hybridized carbons (Fsp3) is 0.238. The number of aromatic amines is 1. The number of aryl methyl sites for hydroxylation is 2. The minimum atomic E-state index is -0.117. The second-order valence-electron chi connectivity index (χ2n) is 6.47. The summed E-state index contributed by atoms with van der Waals surface area (Å²) in [6.45, 7) is 4.30. The quantitative estimate of drug-likeness (QED) is 0.410. The van der Waals surface area contributed by atoms with Crippen molar-refractivity contribution in [2.24, 2.45) is 0 Å². The highest BCUT2D eigenvalue weighted by molar-refractivity contribution is 8.00. The Hall–Kier alpha value is -2.71. The van der Waals surface area contributed by atoms with E-state index in [0.717, 1.165) is 28.0 Å². The molecular weight excluding hydrogens is 402 g/mol. The maximum atomic E-state index is 12.2. The van der Waals surface area contributed by atoms with E-state index in [-0.39, 0.29) is 5.56 Å². The van der Waals surface area contributed by atoms with Crippen molar-refractivity contribution in [3.05, 3.63) is 69.8 Å². The van der Waals surface area contributed by atoms with Crippen molar-refractivity contribution in [1.82, 2.24) is 20.2 Å². The third-order valence-corrected chi connectivity index (χ3v) is 6.61. The summed E-state index contributed by atoms with van der Waals surface area (Å²) in [7, 11) is 0. The molecule has 0 radical (unpaired) electrons. The Morgan fingerprint density at radius 2 is 1.79 bits per heavy atom.